The van der Waals surface area contributed by atoms with Crippen LogP contribution in [0.2, 0.25) is 0 Å². The Labute approximate surface area is 431 Å². The molecule has 74 heavy (non-hydrogen) atoms. The van der Waals surface area contributed by atoms with Crippen molar-refractivity contribution in [2.45, 2.75) is 12.8 Å². The predicted octanol–water partition coefficient (Wildman–Crippen LogP) is 18.2. The van der Waals surface area contributed by atoms with Gasteiger partial charge in [0.15, 0.2) is 17.5 Å². The molecule has 0 atom stereocenters. The summed E-state index contributed by atoms with van der Waals surface area (Å²) in [6.07, 6.45) is 8.99. The van der Waals surface area contributed by atoms with Gasteiger partial charge in [0.2, 0.25) is 0 Å². The largest absolute Gasteiger partial charge is 0.310 e. The number of aromatic nitrogens is 4. The molecule has 1 aliphatic rings. The third-order valence-electron chi connectivity index (χ3n) is 14.1. The Hall–Kier alpha value is -9.71. The van der Waals surface area contributed by atoms with Crippen LogP contribution in [-0.4, -0.2) is 19.5 Å². The molecule has 0 saturated carbocycles. The van der Waals surface area contributed by atoms with Gasteiger partial charge in [-0.1, -0.05) is 200 Å². The van der Waals surface area contributed by atoms with Crippen molar-refractivity contribution >= 4 is 44.4 Å². The first-order chi connectivity index (χ1) is 36.7. The van der Waals surface area contributed by atoms with Gasteiger partial charge in [0, 0.05) is 50.2 Å². The van der Waals surface area contributed by atoms with Gasteiger partial charge in [0.05, 0.1) is 11.0 Å². The highest BCUT2D eigenvalue weighted by Gasteiger charge is 2.19. The summed E-state index contributed by atoms with van der Waals surface area (Å²) in [5.41, 5.74) is 18.5. The Morgan fingerprint density at radius 1 is 0.311 bits per heavy atom. The van der Waals surface area contributed by atoms with Crippen molar-refractivity contribution in [3.05, 3.63) is 279 Å². The SMILES string of the molecule is C1=CC(c2ccc(N(c3ccc(-c4ccccc4)cc3)c3cc(-c4ccc(-n5c6ccccc6c6ccccc65)cc4)cc(-c4cccc(-c5nc(-c6ccccc6)nc(-c6ccccc6)n5)c4)c3)cc2)=CCC1. The fraction of sp³-hybridized carbons (Fsp3) is 0.0290. The zero-order chi connectivity index (χ0) is 49.2. The van der Waals surface area contributed by atoms with E-state index in [1.165, 1.54) is 44.1 Å². The summed E-state index contributed by atoms with van der Waals surface area (Å²) in [5.74, 6) is 1.87. The van der Waals surface area contributed by atoms with E-state index >= 15 is 0 Å². The predicted molar refractivity (Wildman–Crippen MR) is 308 cm³/mol. The highest BCUT2D eigenvalue weighted by molar-refractivity contribution is 6.09. The lowest BCUT2D eigenvalue weighted by Crippen LogP contribution is -2.10. The first-order valence-corrected chi connectivity index (χ1v) is 25.3. The number of rotatable bonds is 11. The van der Waals surface area contributed by atoms with Crippen LogP contribution < -0.4 is 4.90 Å². The smallest absolute Gasteiger partial charge is 0.164 e. The van der Waals surface area contributed by atoms with Gasteiger partial charge < -0.3 is 9.47 Å². The minimum atomic E-state index is 0.611. The van der Waals surface area contributed by atoms with Gasteiger partial charge in [0.25, 0.3) is 0 Å². The van der Waals surface area contributed by atoms with Gasteiger partial charge in [-0.25, -0.2) is 15.0 Å². The second-order valence-corrected chi connectivity index (χ2v) is 18.7. The van der Waals surface area contributed by atoms with E-state index in [0.29, 0.717) is 17.5 Å². The lowest BCUT2D eigenvalue weighted by atomic mass is 9.95. The topological polar surface area (TPSA) is 46.8 Å². The van der Waals surface area contributed by atoms with Crippen molar-refractivity contribution in [3.8, 4) is 73.2 Å². The van der Waals surface area contributed by atoms with Crippen molar-refractivity contribution in [1.82, 2.24) is 19.5 Å². The number of benzene rings is 10. The van der Waals surface area contributed by atoms with Crippen molar-refractivity contribution in [2.75, 3.05) is 4.90 Å². The third kappa shape index (κ3) is 8.67. The number of allylic oxidation sites excluding steroid dienone is 4. The highest BCUT2D eigenvalue weighted by Crippen LogP contribution is 2.42. The van der Waals surface area contributed by atoms with Crippen LogP contribution in [0, 0.1) is 0 Å². The maximum atomic E-state index is 5.12. The molecule has 10 aromatic carbocycles. The van der Waals surface area contributed by atoms with Crippen LogP contribution >= 0.6 is 0 Å². The van der Waals surface area contributed by atoms with Crippen LogP contribution in [-0.2, 0) is 0 Å². The van der Waals surface area contributed by atoms with Gasteiger partial charge in [0.1, 0.15) is 0 Å². The molecular weight excluding hydrogens is 899 g/mol. The Balaban J connectivity index is 0.976. The van der Waals surface area contributed by atoms with Crippen molar-refractivity contribution in [1.29, 1.82) is 0 Å². The monoisotopic (exact) mass is 947 g/mol. The molecule has 0 bridgehead atoms. The van der Waals surface area contributed by atoms with E-state index in [1.54, 1.807) is 0 Å². The van der Waals surface area contributed by atoms with Gasteiger partial charge in [-0.05, 0) is 130 Å². The summed E-state index contributed by atoms with van der Waals surface area (Å²) in [7, 11) is 0. The average molecular weight is 948 g/mol. The normalized spacial score (nSPS) is 12.2. The Morgan fingerprint density at radius 2 is 0.743 bits per heavy atom. The maximum Gasteiger partial charge on any atom is 0.164 e. The van der Waals surface area contributed by atoms with Crippen molar-refractivity contribution < 1.29 is 0 Å². The highest BCUT2D eigenvalue weighted by atomic mass is 15.1. The fourth-order valence-electron chi connectivity index (χ4n) is 10.4. The standard InChI is InChI=1S/C69H49N5/c1-5-18-48(19-6-1)50-32-38-59(39-33-50)73(60-40-34-51(35-41-60)49-20-7-2-8-21-49)62-46-57(52-36-42-61(43-37-52)74-65-30-15-13-28-63(65)64-29-14-16-31-66(64)74)45-58(47-62)55-26-17-27-56(44-55)69-71-67(53-22-9-3-10-23-53)70-68(72-69)54-24-11-4-12-25-54/h1,3-7,9-47H,2,8H2. The van der Waals surface area contributed by atoms with Crippen LogP contribution in [0.1, 0.15) is 18.4 Å². The second kappa shape index (κ2) is 19.5. The van der Waals surface area contributed by atoms with Crippen LogP contribution in [0.15, 0.2) is 273 Å². The first kappa shape index (κ1) is 44.2. The number of anilines is 3. The number of hydrogen-bond acceptors (Lipinski definition) is 4. The van der Waals surface area contributed by atoms with E-state index < -0.39 is 0 Å². The Bertz CT molecular complexity index is 3920. The molecule has 0 N–H and O–H groups in total. The minimum Gasteiger partial charge on any atom is -0.310 e. The van der Waals surface area contributed by atoms with E-state index in [4.69, 9.17) is 15.0 Å². The molecule has 350 valence electrons. The van der Waals surface area contributed by atoms with Crippen LogP contribution in [0.25, 0.3) is 101 Å². The summed E-state index contributed by atoms with van der Waals surface area (Å²) < 4.78 is 2.37. The van der Waals surface area contributed by atoms with Crippen LogP contribution in [0.4, 0.5) is 17.1 Å². The second-order valence-electron chi connectivity index (χ2n) is 18.7. The molecule has 2 aromatic heterocycles. The Morgan fingerprint density at radius 3 is 1.31 bits per heavy atom. The molecule has 0 aliphatic heterocycles. The summed E-state index contributed by atoms with van der Waals surface area (Å²) in [4.78, 5) is 17.6. The summed E-state index contributed by atoms with van der Waals surface area (Å²) in [5, 5.41) is 2.49. The van der Waals surface area contributed by atoms with Gasteiger partial charge in [-0.15, -0.1) is 0 Å². The quantitative estimate of drug-likeness (QED) is 0.130. The number of nitrogens with zero attached hydrogens (tertiary/aromatic N) is 5. The number of hydrogen-bond donors (Lipinski definition) is 0. The lowest BCUT2D eigenvalue weighted by molar-refractivity contribution is 1.04. The van der Waals surface area contributed by atoms with E-state index in [9.17, 15) is 0 Å². The molecule has 0 fully saturated rings. The Kier molecular flexibility index (Phi) is 11.6. The van der Waals surface area contributed by atoms with E-state index in [2.05, 4.69) is 222 Å². The van der Waals surface area contributed by atoms with Gasteiger partial charge >= 0.3 is 0 Å². The molecule has 12 aromatic rings. The molecule has 0 radical (unpaired) electrons. The molecule has 5 nitrogen and oxygen atoms in total. The average Bonchev–Trinajstić information content (AvgIpc) is 3.83. The van der Waals surface area contributed by atoms with Gasteiger partial charge in [-0.2, -0.15) is 0 Å². The summed E-state index contributed by atoms with van der Waals surface area (Å²) >= 11 is 0. The molecule has 0 amide bonds. The number of fused-ring (bicyclic) bond motifs is 3. The first-order valence-electron chi connectivity index (χ1n) is 25.3. The molecular formula is C69H49N5. The van der Waals surface area contributed by atoms with Crippen LogP contribution in [0.3, 0.4) is 0 Å². The van der Waals surface area contributed by atoms with Crippen LogP contribution in [0.5, 0.6) is 0 Å². The molecule has 0 unspecified atom stereocenters. The zero-order valence-corrected chi connectivity index (χ0v) is 40.6. The fourth-order valence-corrected chi connectivity index (χ4v) is 10.4. The molecule has 0 saturated heterocycles. The molecule has 1 aliphatic carbocycles. The van der Waals surface area contributed by atoms with E-state index in [-0.39, 0.29) is 0 Å². The summed E-state index contributed by atoms with van der Waals surface area (Å²) in [6, 6.07) is 90.8. The van der Waals surface area contributed by atoms with Crippen molar-refractivity contribution in [2.24, 2.45) is 0 Å². The molecule has 5 heteroatoms. The van der Waals surface area contributed by atoms with E-state index in [1.807, 2.05) is 60.7 Å². The lowest BCUT2D eigenvalue weighted by Gasteiger charge is -2.27. The minimum absolute atomic E-state index is 0.611. The third-order valence-corrected chi connectivity index (χ3v) is 14.1. The number of para-hydroxylation sites is 2. The van der Waals surface area contributed by atoms with Gasteiger partial charge in [-0.3, -0.25) is 0 Å². The zero-order valence-electron chi connectivity index (χ0n) is 40.6. The molecule has 13 rings (SSSR count). The van der Waals surface area contributed by atoms with E-state index in [0.717, 1.165) is 74.5 Å². The molecule has 0 spiro atoms. The summed E-state index contributed by atoms with van der Waals surface area (Å²) in [6.45, 7) is 0. The maximum absolute atomic E-state index is 5.12. The molecule has 2 heterocycles. The van der Waals surface area contributed by atoms with Crippen molar-refractivity contribution in [3.63, 3.8) is 0 Å².